The number of aromatic nitrogens is 1. The number of nitriles is 1. The van der Waals surface area contributed by atoms with Crippen LogP contribution in [0.25, 0.3) is 0 Å². The van der Waals surface area contributed by atoms with E-state index in [0.717, 1.165) is 5.56 Å². The zero-order chi connectivity index (χ0) is 16.8. The lowest BCUT2D eigenvalue weighted by Crippen LogP contribution is -2.13. The van der Waals surface area contributed by atoms with Crippen molar-refractivity contribution in [2.24, 2.45) is 0 Å². The van der Waals surface area contributed by atoms with Gasteiger partial charge in [-0.1, -0.05) is 6.07 Å². The van der Waals surface area contributed by atoms with Crippen molar-refractivity contribution in [2.75, 3.05) is 26.1 Å². The molecule has 0 aliphatic rings. The molecule has 120 valence electrons. The van der Waals surface area contributed by atoms with Gasteiger partial charge in [-0.05, 0) is 36.2 Å². The smallest absolute Gasteiger partial charge is 0.145 e. The molecule has 2 rings (SSSR count). The summed E-state index contributed by atoms with van der Waals surface area (Å²) in [6.45, 7) is 2.07. The van der Waals surface area contributed by atoms with Crippen LogP contribution in [0.2, 0.25) is 0 Å². The van der Waals surface area contributed by atoms with Gasteiger partial charge in [0.05, 0.1) is 20.3 Å². The number of rotatable bonds is 6. The molecule has 6 nitrogen and oxygen atoms in total. The monoisotopic (exact) mass is 313 g/mol. The average molecular weight is 313 g/mol. The van der Waals surface area contributed by atoms with E-state index in [4.69, 9.17) is 14.7 Å². The molecule has 1 heterocycles. The number of anilines is 1. The summed E-state index contributed by atoms with van der Waals surface area (Å²) in [5.74, 6) is 1.76. The number of nitrogens with zero attached hydrogens (tertiary/aromatic N) is 2. The SMILES string of the molecule is COc1cc(OC)cc(C(O)CNc2ccc(C)c(C#N)n2)c1. The Morgan fingerprint density at radius 1 is 1.22 bits per heavy atom. The molecule has 0 saturated carbocycles. The van der Waals surface area contributed by atoms with Gasteiger partial charge >= 0.3 is 0 Å². The summed E-state index contributed by atoms with van der Waals surface area (Å²) in [4.78, 5) is 4.19. The van der Waals surface area contributed by atoms with Crippen LogP contribution in [-0.2, 0) is 0 Å². The lowest BCUT2D eigenvalue weighted by atomic mass is 10.1. The Morgan fingerprint density at radius 3 is 2.43 bits per heavy atom. The molecule has 0 spiro atoms. The van der Waals surface area contributed by atoms with Crippen LogP contribution >= 0.6 is 0 Å². The largest absolute Gasteiger partial charge is 0.497 e. The van der Waals surface area contributed by atoms with E-state index in [-0.39, 0.29) is 6.54 Å². The molecule has 0 bridgehead atoms. The molecule has 0 saturated heterocycles. The van der Waals surface area contributed by atoms with Gasteiger partial charge in [0.25, 0.3) is 0 Å². The Morgan fingerprint density at radius 2 is 1.87 bits per heavy atom. The molecule has 1 atom stereocenters. The van der Waals surface area contributed by atoms with Crippen molar-refractivity contribution >= 4 is 5.82 Å². The third-order valence-electron chi connectivity index (χ3n) is 3.44. The number of ether oxygens (including phenoxy) is 2. The van der Waals surface area contributed by atoms with Crippen LogP contribution in [0.3, 0.4) is 0 Å². The van der Waals surface area contributed by atoms with Crippen molar-refractivity contribution in [3.05, 3.63) is 47.2 Å². The van der Waals surface area contributed by atoms with Gasteiger partial charge in [-0.15, -0.1) is 0 Å². The number of aliphatic hydroxyl groups is 1. The Bertz CT molecular complexity index is 703. The molecular weight excluding hydrogens is 294 g/mol. The fraction of sp³-hybridized carbons (Fsp3) is 0.294. The second-order valence-electron chi connectivity index (χ2n) is 5.02. The molecule has 0 radical (unpaired) electrons. The summed E-state index contributed by atoms with van der Waals surface area (Å²) in [5.41, 5.74) is 1.85. The van der Waals surface area contributed by atoms with Crippen LogP contribution in [0.4, 0.5) is 5.82 Å². The Hall–Kier alpha value is -2.78. The quantitative estimate of drug-likeness (QED) is 0.851. The molecule has 0 aliphatic heterocycles. The van der Waals surface area contributed by atoms with E-state index in [0.29, 0.717) is 28.6 Å². The predicted molar refractivity (Wildman–Crippen MR) is 86.7 cm³/mol. The molecule has 0 amide bonds. The van der Waals surface area contributed by atoms with Crippen molar-refractivity contribution in [3.63, 3.8) is 0 Å². The van der Waals surface area contributed by atoms with Crippen LogP contribution in [0.1, 0.15) is 22.9 Å². The fourth-order valence-electron chi connectivity index (χ4n) is 2.08. The summed E-state index contributed by atoms with van der Waals surface area (Å²) in [6.07, 6.45) is -0.771. The normalized spacial score (nSPS) is 11.4. The number of benzene rings is 1. The van der Waals surface area contributed by atoms with Crippen LogP contribution in [0.15, 0.2) is 30.3 Å². The summed E-state index contributed by atoms with van der Waals surface area (Å²) in [5, 5.41) is 22.4. The van der Waals surface area contributed by atoms with Gasteiger partial charge in [0.15, 0.2) is 0 Å². The highest BCUT2D eigenvalue weighted by molar-refractivity contribution is 5.44. The maximum Gasteiger partial charge on any atom is 0.145 e. The molecule has 1 unspecified atom stereocenters. The van der Waals surface area contributed by atoms with Gasteiger partial charge in [0.2, 0.25) is 0 Å². The molecule has 2 aromatic rings. The van der Waals surface area contributed by atoms with Crippen LogP contribution in [0, 0.1) is 18.3 Å². The van der Waals surface area contributed by atoms with E-state index in [9.17, 15) is 5.11 Å². The Kier molecular flexibility index (Phi) is 5.39. The van der Waals surface area contributed by atoms with E-state index >= 15 is 0 Å². The molecule has 6 heteroatoms. The third-order valence-corrected chi connectivity index (χ3v) is 3.44. The number of aliphatic hydroxyl groups excluding tert-OH is 1. The highest BCUT2D eigenvalue weighted by atomic mass is 16.5. The zero-order valence-corrected chi connectivity index (χ0v) is 13.3. The second-order valence-corrected chi connectivity index (χ2v) is 5.02. The maximum atomic E-state index is 10.3. The fourth-order valence-corrected chi connectivity index (χ4v) is 2.08. The highest BCUT2D eigenvalue weighted by Crippen LogP contribution is 2.26. The van der Waals surface area contributed by atoms with Gasteiger partial charge in [0.1, 0.15) is 29.1 Å². The van der Waals surface area contributed by atoms with E-state index in [1.165, 1.54) is 0 Å². The van der Waals surface area contributed by atoms with Gasteiger partial charge < -0.3 is 19.9 Å². The van der Waals surface area contributed by atoms with Crippen LogP contribution in [0.5, 0.6) is 11.5 Å². The minimum Gasteiger partial charge on any atom is -0.497 e. The van der Waals surface area contributed by atoms with Gasteiger partial charge in [-0.25, -0.2) is 4.98 Å². The Labute approximate surface area is 135 Å². The first-order chi connectivity index (χ1) is 11.1. The Balaban J connectivity index is 2.10. The first-order valence-corrected chi connectivity index (χ1v) is 7.10. The van der Waals surface area contributed by atoms with Crippen molar-refractivity contribution in [1.82, 2.24) is 4.98 Å². The van der Waals surface area contributed by atoms with Crippen molar-refractivity contribution in [1.29, 1.82) is 5.26 Å². The maximum absolute atomic E-state index is 10.3. The first-order valence-electron chi connectivity index (χ1n) is 7.10. The average Bonchev–Trinajstić information content (AvgIpc) is 2.60. The highest BCUT2D eigenvalue weighted by Gasteiger charge is 2.12. The number of nitrogens with one attached hydrogen (secondary N) is 1. The van der Waals surface area contributed by atoms with Gasteiger partial charge in [-0.2, -0.15) is 5.26 Å². The van der Waals surface area contributed by atoms with E-state index in [1.54, 1.807) is 38.5 Å². The third kappa shape index (κ3) is 4.11. The molecular formula is C17H19N3O3. The van der Waals surface area contributed by atoms with Crippen LogP contribution in [-0.4, -0.2) is 30.9 Å². The predicted octanol–water partition coefficient (Wildman–Crippen LogP) is 2.42. The summed E-state index contributed by atoms with van der Waals surface area (Å²) >= 11 is 0. The van der Waals surface area contributed by atoms with E-state index in [2.05, 4.69) is 10.3 Å². The first kappa shape index (κ1) is 16.6. The molecule has 1 aromatic carbocycles. The number of aryl methyl sites for hydroxylation is 1. The number of pyridine rings is 1. The van der Waals surface area contributed by atoms with Crippen LogP contribution < -0.4 is 14.8 Å². The molecule has 0 aliphatic carbocycles. The number of hydrogen-bond donors (Lipinski definition) is 2. The lowest BCUT2D eigenvalue weighted by molar-refractivity contribution is 0.190. The zero-order valence-electron chi connectivity index (χ0n) is 13.3. The number of methoxy groups -OCH3 is 2. The molecule has 1 aromatic heterocycles. The van der Waals surface area contributed by atoms with Crippen molar-refractivity contribution in [3.8, 4) is 17.6 Å². The summed E-state index contributed by atoms with van der Waals surface area (Å²) < 4.78 is 10.4. The van der Waals surface area contributed by atoms with Gasteiger partial charge in [0, 0.05) is 12.6 Å². The standard InChI is InChI=1S/C17H19N3O3/c1-11-4-5-17(20-15(11)9-18)19-10-16(21)12-6-13(22-2)8-14(7-12)23-3/h4-8,16,21H,10H2,1-3H3,(H,19,20). The second kappa shape index (κ2) is 7.47. The minimum atomic E-state index is -0.771. The number of hydrogen-bond acceptors (Lipinski definition) is 6. The summed E-state index contributed by atoms with van der Waals surface area (Å²) in [7, 11) is 3.12. The van der Waals surface area contributed by atoms with E-state index in [1.807, 2.05) is 19.1 Å². The minimum absolute atomic E-state index is 0.247. The van der Waals surface area contributed by atoms with Crippen molar-refractivity contribution in [2.45, 2.75) is 13.0 Å². The van der Waals surface area contributed by atoms with E-state index < -0.39 is 6.10 Å². The summed E-state index contributed by atoms with van der Waals surface area (Å²) in [6, 6.07) is 10.9. The van der Waals surface area contributed by atoms with Gasteiger partial charge in [-0.3, -0.25) is 0 Å². The topological polar surface area (TPSA) is 87.4 Å². The molecule has 23 heavy (non-hydrogen) atoms. The lowest BCUT2D eigenvalue weighted by Gasteiger charge is -2.15. The molecule has 2 N–H and O–H groups in total. The van der Waals surface area contributed by atoms with Crippen molar-refractivity contribution < 1.29 is 14.6 Å². The molecule has 0 fully saturated rings.